The summed E-state index contributed by atoms with van der Waals surface area (Å²) in [6.45, 7) is 0. The van der Waals surface area contributed by atoms with Crippen molar-refractivity contribution in [2.24, 2.45) is 11.8 Å². The number of Topliss-reactive ketones (excluding diaryl/α,β-unsaturated/α-hetero) is 1. The van der Waals surface area contributed by atoms with Gasteiger partial charge < -0.3 is 0 Å². The van der Waals surface area contributed by atoms with E-state index in [4.69, 9.17) is 11.6 Å². The molecule has 0 amide bonds. The SMILES string of the molecule is O=C(C1CC1)C1(F)C=CC=CC1CCl. The number of rotatable bonds is 3. The quantitative estimate of drug-likeness (QED) is 0.661. The summed E-state index contributed by atoms with van der Waals surface area (Å²) in [6, 6.07) is 0. The van der Waals surface area contributed by atoms with Crippen molar-refractivity contribution in [3.05, 3.63) is 24.3 Å². The molecule has 0 aromatic carbocycles. The van der Waals surface area contributed by atoms with Gasteiger partial charge >= 0.3 is 0 Å². The van der Waals surface area contributed by atoms with Crippen molar-refractivity contribution in [3.8, 4) is 0 Å². The van der Waals surface area contributed by atoms with Crippen molar-refractivity contribution in [1.82, 2.24) is 0 Å². The van der Waals surface area contributed by atoms with Gasteiger partial charge in [-0.1, -0.05) is 18.2 Å². The predicted molar refractivity (Wildman–Crippen MR) is 54.1 cm³/mol. The lowest BCUT2D eigenvalue weighted by atomic mass is 9.81. The zero-order valence-electron chi connectivity index (χ0n) is 7.75. The molecule has 2 aliphatic carbocycles. The standard InChI is InChI=1S/C11H12ClFO/c12-7-9-3-1-2-6-11(9,13)10(14)8-4-5-8/h1-3,6,8-9H,4-5,7H2. The number of hydrogen-bond acceptors (Lipinski definition) is 1. The Bertz CT molecular complexity index is 306. The van der Waals surface area contributed by atoms with Crippen LogP contribution in [0.25, 0.3) is 0 Å². The van der Waals surface area contributed by atoms with Crippen LogP contribution in [0.3, 0.4) is 0 Å². The third-order valence-electron chi connectivity index (χ3n) is 2.82. The lowest BCUT2D eigenvalue weighted by Gasteiger charge is -2.28. The Morgan fingerprint density at radius 2 is 2.21 bits per heavy atom. The average molecular weight is 215 g/mol. The molecular weight excluding hydrogens is 203 g/mol. The van der Waals surface area contributed by atoms with Gasteiger partial charge in [0.2, 0.25) is 0 Å². The summed E-state index contributed by atoms with van der Waals surface area (Å²) < 4.78 is 14.3. The molecule has 2 atom stereocenters. The molecule has 0 aliphatic heterocycles. The topological polar surface area (TPSA) is 17.1 Å². The maximum Gasteiger partial charge on any atom is 0.194 e. The van der Waals surface area contributed by atoms with Crippen LogP contribution in [0.1, 0.15) is 12.8 Å². The van der Waals surface area contributed by atoms with Crippen LogP contribution in [0.2, 0.25) is 0 Å². The van der Waals surface area contributed by atoms with Gasteiger partial charge in [-0.15, -0.1) is 11.6 Å². The molecule has 76 valence electrons. The molecule has 1 fully saturated rings. The zero-order chi connectivity index (χ0) is 10.2. The Kier molecular flexibility index (Phi) is 2.48. The van der Waals surface area contributed by atoms with Crippen LogP contribution in [-0.2, 0) is 4.79 Å². The molecule has 0 saturated heterocycles. The molecule has 0 radical (unpaired) electrons. The number of alkyl halides is 2. The van der Waals surface area contributed by atoms with Gasteiger partial charge in [-0.05, 0) is 18.9 Å². The van der Waals surface area contributed by atoms with E-state index in [1.807, 2.05) is 0 Å². The van der Waals surface area contributed by atoms with Gasteiger partial charge in [0, 0.05) is 17.7 Å². The summed E-state index contributed by atoms with van der Waals surface area (Å²) in [7, 11) is 0. The Balaban J connectivity index is 2.22. The van der Waals surface area contributed by atoms with Crippen LogP contribution in [0.15, 0.2) is 24.3 Å². The number of carbonyl (C=O) groups is 1. The highest BCUT2D eigenvalue weighted by Crippen LogP contribution is 2.40. The first-order valence-corrected chi connectivity index (χ1v) is 5.37. The fourth-order valence-electron chi connectivity index (χ4n) is 1.74. The largest absolute Gasteiger partial charge is 0.295 e. The number of carbonyl (C=O) groups excluding carboxylic acids is 1. The van der Waals surface area contributed by atoms with E-state index in [2.05, 4.69) is 0 Å². The Hall–Kier alpha value is -0.630. The van der Waals surface area contributed by atoms with E-state index in [1.165, 1.54) is 6.08 Å². The fourth-order valence-corrected chi connectivity index (χ4v) is 2.07. The van der Waals surface area contributed by atoms with Crippen LogP contribution in [-0.4, -0.2) is 17.3 Å². The highest BCUT2D eigenvalue weighted by molar-refractivity contribution is 6.18. The normalized spacial score (nSPS) is 36.0. The van der Waals surface area contributed by atoms with Crippen molar-refractivity contribution in [3.63, 3.8) is 0 Å². The Morgan fingerprint density at radius 1 is 1.50 bits per heavy atom. The average Bonchev–Trinajstić information content (AvgIpc) is 3.00. The zero-order valence-corrected chi connectivity index (χ0v) is 8.51. The van der Waals surface area contributed by atoms with Crippen LogP contribution < -0.4 is 0 Å². The maximum absolute atomic E-state index is 14.3. The number of halogens is 2. The summed E-state index contributed by atoms with van der Waals surface area (Å²) >= 11 is 5.66. The predicted octanol–water partition coefficient (Wildman–Crippen LogP) is 2.65. The third kappa shape index (κ3) is 1.52. The van der Waals surface area contributed by atoms with Gasteiger partial charge in [-0.25, -0.2) is 4.39 Å². The Labute approximate surface area is 87.6 Å². The van der Waals surface area contributed by atoms with E-state index in [1.54, 1.807) is 18.2 Å². The van der Waals surface area contributed by atoms with Gasteiger partial charge in [0.15, 0.2) is 11.5 Å². The summed E-state index contributed by atoms with van der Waals surface area (Å²) in [4.78, 5) is 11.7. The first-order valence-electron chi connectivity index (χ1n) is 4.83. The minimum atomic E-state index is -1.85. The van der Waals surface area contributed by atoms with Gasteiger partial charge in [0.1, 0.15) is 0 Å². The second-order valence-corrected chi connectivity index (χ2v) is 4.22. The van der Waals surface area contributed by atoms with Crippen LogP contribution in [0.4, 0.5) is 4.39 Å². The van der Waals surface area contributed by atoms with Crippen LogP contribution >= 0.6 is 11.6 Å². The van der Waals surface area contributed by atoms with E-state index in [9.17, 15) is 9.18 Å². The summed E-state index contributed by atoms with van der Waals surface area (Å²) in [5, 5.41) is 0. The monoisotopic (exact) mass is 214 g/mol. The minimum Gasteiger partial charge on any atom is -0.295 e. The second kappa shape index (κ2) is 3.50. The van der Waals surface area contributed by atoms with E-state index in [-0.39, 0.29) is 17.6 Å². The van der Waals surface area contributed by atoms with Crippen LogP contribution in [0, 0.1) is 11.8 Å². The molecule has 0 aromatic heterocycles. The van der Waals surface area contributed by atoms with Crippen molar-refractivity contribution >= 4 is 17.4 Å². The van der Waals surface area contributed by atoms with Gasteiger partial charge in [0.05, 0.1) is 0 Å². The lowest BCUT2D eigenvalue weighted by Crippen LogP contribution is -2.42. The molecule has 3 heteroatoms. The second-order valence-electron chi connectivity index (χ2n) is 3.91. The molecular formula is C11H12ClFO. The molecule has 0 heterocycles. The van der Waals surface area contributed by atoms with Crippen molar-refractivity contribution < 1.29 is 9.18 Å². The number of allylic oxidation sites excluding steroid dienone is 4. The molecule has 2 unspecified atom stereocenters. The molecule has 14 heavy (non-hydrogen) atoms. The van der Waals surface area contributed by atoms with Crippen LogP contribution in [0.5, 0.6) is 0 Å². The maximum atomic E-state index is 14.3. The summed E-state index contributed by atoms with van der Waals surface area (Å²) in [5.41, 5.74) is -1.85. The van der Waals surface area contributed by atoms with Crippen molar-refractivity contribution in [1.29, 1.82) is 0 Å². The third-order valence-corrected chi connectivity index (χ3v) is 3.16. The lowest BCUT2D eigenvalue weighted by molar-refractivity contribution is -0.130. The van der Waals surface area contributed by atoms with E-state index < -0.39 is 11.6 Å². The smallest absolute Gasteiger partial charge is 0.194 e. The minimum absolute atomic E-state index is 0.0677. The highest BCUT2D eigenvalue weighted by atomic mass is 35.5. The first kappa shape index (κ1) is 9.91. The molecule has 1 saturated carbocycles. The molecule has 0 aromatic rings. The Morgan fingerprint density at radius 3 is 2.79 bits per heavy atom. The van der Waals surface area contributed by atoms with Gasteiger partial charge in [0.25, 0.3) is 0 Å². The van der Waals surface area contributed by atoms with Crippen molar-refractivity contribution in [2.75, 3.05) is 5.88 Å². The molecule has 2 aliphatic rings. The molecule has 0 N–H and O–H groups in total. The van der Waals surface area contributed by atoms with Gasteiger partial charge in [-0.3, -0.25) is 4.79 Å². The number of ketones is 1. The van der Waals surface area contributed by atoms with Crippen molar-refractivity contribution in [2.45, 2.75) is 18.5 Å². The number of hydrogen-bond donors (Lipinski definition) is 0. The first-order chi connectivity index (χ1) is 6.68. The molecule has 2 rings (SSSR count). The van der Waals surface area contributed by atoms with E-state index >= 15 is 0 Å². The molecule has 1 nitrogen and oxygen atoms in total. The molecule has 0 bridgehead atoms. The van der Waals surface area contributed by atoms with E-state index in [0.717, 1.165) is 12.8 Å². The molecule has 0 spiro atoms. The highest BCUT2D eigenvalue weighted by Gasteiger charge is 2.49. The fraction of sp³-hybridized carbons (Fsp3) is 0.545. The van der Waals surface area contributed by atoms with Gasteiger partial charge in [-0.2, -0.15) is 0 Å². The summed E-state index contributed by atoms with van der Waals surface area (Å²) in [5.74, 6) is -0.705. The van der Waals surface area contributed by atoms with E-state index in [0.29, 0.717) is 0 Å². The summed E-state index contributed by atoms with van der Waals surface area (Å²) in [6.07, 6.45) is 8.01.